The molecule has 2 heterocycles. The summed E-state index contributed by atoms with van der Waals surface area (Å²) in [6.45, 7) is 7.73. The van der Waals surface area contributed by atoms with Crippen molar-refractivity contribution in [3.8, 4) is 0 Å². The van der Waals surface area contributed by atoms with E-state index in [0.29, 0.717) is 0 Å². The zero-order valence-electron chi connectivity index (χ0n) is 12.5. The highest BCUT2D eigenvalue weighted by Gasteiger charge is 2.39. The average Bonchev–Trinajstić information content (AvgIpc) is 2.87. The molecule has 0 atom stereocenters. The van der Waals surface area contributed by atoms with Crippen LogP contribution >= 0.6 is 0 Å². The van der Waals surface area contributed by atoms with Gasteiger partial charge < -0.3 is 9.67 Å². The summed E-state index contributed by atoms with van der Waals surface area (Å²) in [5.74, 6) is -0.629. The van der Waals surface area contributed by atoms with Gasteiger partial charge in [0.2, 0.25) is 0 Å². The molecule has 0 amide bonds. The lowest BCUT2D eigenvalue weighted by Gasteiger charge is -2.38. The van der Waals surface area contributed by atoms with Crippen molar-refractivity contribution in [2.45, 2.75) is 52.6 Å². The summed E-state index contributed by atoms with van der Waals surface area (Å²) in [5, 5.41) is 9.41. The summed E-state index contributed by atoms with van der Waals surface area (Å²) in [7, 11) is 0. The monoisotopic (exact) mass is 279 g/mol. The molecule has 5 heteroatoms. The van der Waals surface area contributed by atoms with Crippen molar-refractivity contribution in [1.29, 1.82) is 0 Å². The number of imidazole rings is 1. The molecule has 112 valence electrons. The summed E-state index contributed by atoms with van der Waals surface area (Å²) >= 11 is 0. The molecule has 0 saturated carbocycles. The van der Waals surface area contributed by atoms with Gasteiger partial charge in [-0.3, -0.25) is 9.69 Å². The van der Waals surface area contributed by atoms with Gasteiger partial charge in [-0.15, -0.1) is 0 Å². The second-order valence-corrected chi connectivity index (χ2v) is 5.79. The van der Waals surface area contributed by atoms with E-state index < -0.39 is 11.4 Å². The summed E-state index contributed by atoms with van der Waals surface area (Å²) in [5.41, 5.74) is 0.728. The first-order valence-electron chi connectivity index (χ1n) is 7.56. The number of carboxylic acids is 1. The third-order valence-corrected chi connectivity index (χ3v) is 4.59. The number of hydrogen-bond acceptors (Lipinski definition) is 3. The van der Waals surface area contributed by atoms with Crippen molar-refractivity contribution in [3.05, 3.63) is 18.2 Å². The van der Waals surface area contributed by atoms with E-state index in [4.69, 9.17) is 0 Å². The van der Waals surface area contributed by atoms with Gasteiger partial charge in [-0.05, 0) is 38.8 Å². The van der Waals surface area contributed by atoms with Crippen LogP contribution in [0.15, 0.2) is 12.5 Å². The van der Waals surface area contributed by atoms with Crippen LogP contribution in [0, 0.1) is 5.41 Å². The standard InChI is InChI=1S/C15H25N3O2/c1-3-7-18-12-16-10-13(18)11-17-8-5-15(4-2,6-9-17)14(19)20/h10,12H,3-9,11H2,1-2H3,(H,19,20). The van der Waals surface area contributed by atoms with E-state index in [1.807, 2.05) is 19.4 Å². The minimum Gasteiger partial charge on any atom is -0.481 e. The fourth-order valence-electron chi connectivity index (χ4n) is 3.01. The Balaban J connectivity index is 1.94. The van der Waals surface area contributed by atoms with Crippen LogP contribution in [0.5, 0.6) is 0 Å². The molecule has 5 nitrogen and oxygen atoms in total. The Bertz CT molecular complexity index is 448. The first-order valence-corrected chi connectivity index (χ1v) is 7.56. The highest BCUT2D eigenvalue weighted by molar-refractivity contribution is 5.74. The van der Waals surface area contributed by atoms with Crippen molar-refractivity contribution < 1.29 is 9.90 Å². The van der Waals surface area contributed by atoms with E-state index in [2.05, 4.69) is 21.4 Å². The van der Waals surface area contributed by atoms with Crippen molar-refractivity contribution in [3.63, 3.8) is 0 Å². The van der Waals surface area contributed by atoms with Gasteiger partial charge in [0, 0.05) is 19.3 Å². The number of hydrogen-bond donors (Lipinski definition) is 1. The molecule has 1 saturated heterocycles. The van der Waals surface area contributed by atoms with E-state index >= 15 is 0 Å². The molecule has 0 bridgehead atoms. The number of likely N-dealkylation sites (tertiary alicyclic amines) is 1. The number of nitrogens with zero attached hydrogens (tertiary/aromatic N) is 3. The number of carbonyl (C=O) groups is 1. The third-order valence-electron chi connectivity index (χ3n) is 4.59. The number of aliphatic carboxylic acids is 1. The van der Waals surface area contributed by atoms with Crippen LogP contribution in [-0.4, -0.2) is 38.6 Å². The Kier molecular flexibility index (Phi) is 4.81. The molecule has 0 aromatic carbocycles. The third kappa shape index (κ3) is 3.03. The lowest BCUT2D eigenvalue weighted by atomic mass is 9.76. The molecule has 0 aliphatic carbocycles. The normalized spacial score (nSPS) is 19.1. The molecule has 1 N–H and O–H groups in total. The number of piperidine rings is 1. The molecular weight excluding hydrogens is 254 g/mol. The summed E-state index contributed by atoms with van der Waals surface area (Å²) in [4.78, 5) is 18.0. The predicted molar refractivity (Wildman–Crippen MR) is 77.4 cm³/mol. The molecule has 0 radical (unpaired) electrons. The van der Waals surface area contributed by atoms with Crippen LogP contribution in [0.25, 0.3) is 0 Å². The topological polar surface area (TPSA) is 58.4 Å². The minimum absolute atomic E-state index is 0.500. The van der Waals surface area contributed by atoms with Gasteiger partial charge in [0.05, 0.1) is 17.4 Å². The van der Waals surface area contributed by atoms with Crippen LogP contribution in [0.1, 0.15) is 45.2 Å². The van der Waals surface area contributed by atoms with E-state index in [1.54, 1.807) is 0 Å². The summed E-state index contributed by atoms with van der Waals surface area (Å²) in [6.07, 6.45) is 7.14. The Labute approximate surface area is 120 Å². The Morgan fingerprint density at radius 1 is 1.40 bits per heavy atom. The molecule has 20 heavy (non-hydrogen) atoms. The van der Waals surface area contributed by atoms with Gasteiger partial charge in [-0.1, -0.05) is 13.8 Å². The van der Waals surface area contributed by atoms with Gasteiger partial charge in [-0.25, -0.2) is 4.98 Å². The highest BCUT2D eigenvalue weighted by Crippen LogP contribution is 2.35. The highest BCUT2D eigenvalue weighted by atomic mass is 16.4. The van der Waals surface area contributed by atoms with Crippen LogP contribution in [0.2, 0.25) is 0 Å². The molecule has 1 aliphatic rings. The molecule has 1 aromatic heterocycles. The molecule has 0 spiro atoms. The molecule has 2 rings (SSSR count). The lowest BCUT2D eigenvalue weighted by Crippen LogP contribution is -2.43. The lowest BCUT2D eigenvalue weighted by molar-refractivity contribution is -0.152. The fraction of sp³-hybridized carbons (Fsp3) is 0.733. The number of rotatable bonds is 6. The van der Waals surface area contributed by atoms with Gasteiger partial charge in [0.15, 0.2) is 0 Å². The van der Waals surface area contributed by atoms with Crippen molar-refractivity contribution in [1.82, 2.24) is 14.5 Å². The quantitative estimate of drug-likeness (QED) is 0.868. The van der Waals surface area contributed by atoms with E-state index in [-0.39, 0.29) is 0 Å². The predicted octanol–water partition coefficient (Wildman–Crippen LogP) is 2.37. The number of aryl methyl sites for hydroxylation is 1. The SMILES string of the molecule is CCCn1cncc1CN1CCC(CC)(C(=O)O)CC1. The molecular formula is C15H25N3O2. The first-order chi connectivity index (χ1) is 9.61. The molecule has 0 unspecified atom stereocenters. The maximum Gasteiger partial charge on any atom is 0.309 e. The maximum atomic E-state index is 11.4. The summed E-state index contributed by atoms with van der Waals surface area (Å²) < 4.78 is 2.19. The number of aromatic nitrogens is 2. The Hall–Kier alpha value is -1.36. The number of carboxylic acid groups (broad SMARTS) is 1. The van der Waals surface area contributed by atoms with Crippen LogP contribution in [0.3, 0.4) is 0 Å². The van der Waals surface area contributed by atoms with Crippen LogP contribution in [0.4, 0.5) is 0 Å². The summed E-state index contributed by atoms with van der Waals surface area (Å²) in [6, 6.07) is 0. The average molecular weight is 279 g/mol. The molecule has 1 fully saturated rings. The zero-order valence-corrected chi connectivity index (χ0v) is 12.5. The second-order valence-electron chi connectivity index (χ2n) is 5.79. The van der Waals surface area contributed by atoms with E-state index in [9.17, 15) is 9.90 Å². The Morgan fingerprint density at radius 2 is 2.10 bits per heavy atom. The van der Waals surface area contributed by atoms with Crippen LogP contribution in [-0.2, 0) is 17.9 Å². The Morgan fingerprint density at radius 3 is 2.65 bits per heavy atom. The minimum atomic E-state index is -0.629. The smallest absolute Gasteiger partial charge is 0.309 e. The van der Waals surface area contributed by atoms with Gasteiger partial charge in [-0.2, -0.15) is 0 Å². The largest absolute Gasteiger partial charge is 0.481 e. The van der Waals surface area contributed by atoms with E-state index in [0.717, 1.165) is 51.9 Å². The molecule has 1 aliphatic heterocycles. The van der Waals surface area contributed by atoms with Gasteiger partial charge in [0.25, 0.3) is 0 Å². The second kappa shape index (κ2) is 6.39. The van der Waals surface area contributed by atoms with Crippen molar-refractivity contribution in [2.24, 2.45) is 5.41 Å². The van der Waals surface area contributed by atoms with Crippen molar-refractivity contribution >= 4 is 5.97 Å². The zero-order chi connectivity index (χ0) is 14.6. The van der Waals surface area contributed by atoms with Crippen LogP contribution < -0.4 is 0 Å². The fourth-order valence-corrected chi connectivity index (χ4v) is 3.01. The van der Waals surface area contributed by atoms with Crippen molar-refractivity contribution in [2.75, 3.05) is 13.1 Å². The molecule has 1 aromatic rings. The van der Waals surface area contributed by atoms with E-state index in [1.165, 1.54) is 5.69 Å². The van der Waals surface area contributed by atoms with Gasteiger partial charge >= 0.3 is 5.97 Å². The van der Waals surface area contributed by atoms with Gasteiger partial charge in [0.1, 0.15) is 0 Å². The maximum absolute atomic E-state index is 11.4. The first kappa shape index (κ1) is 15.0.